The van der Waals surface area contributed by atoms with Crippen molar-refractivity contribution in [2.45, 2.75) is 38.1 Å². The lowest BCUT2D eigenvalue weighted by Crippen LogP contribution is -2.42. The first-order valence-electron chi connectivity index (χ1n) is 8.32. The van der Waals surface area contributed by atoms with Crippen molar-refractivity contribution in [1.82, 2.24) is 14.9 Å². The topological polar surface area (TPSA) is 75.3 Å². The summed E-state index contributed by atoms with van der Waals surface area (Å²) >= 11 is 0. The molecule has 0 atom stereocenters. The molecule has 9 heteroatoms. The van der Waals surface area contributed by atoms with Crippen LogP contribution in [0.5, 0.6) is 0 Å². The van der Waals surface area contributed by atoms with Crippen LogP contribution in [0.15, 0.2) is 29.1 Å². The van der Waals surface area contributed by atoms with Crippen molar-refractivity contribution in [3.8, 4) is 0 Å². The molecule has 0 unspecified atom stereocenters. The number of aromatic nitrogens is 2. The SMILES string of the molecule is O=C(CCc1nc2ccccc2[nH]c1=O)N1CCC(OC(F)(F)F)CC1. The van der Waals surface area contributed by atoms with E-state index in [-0.39, 0.29) is 55.9 Å². The van der Waals surface area contributed by atoms with Gasteiger partial charge in [0.2, 0.25) is 5.91 Å². The standard InChI is InChI=1S/C17H18F3N3O3/c18-17(19,20)26-11-7-9-23(10-8-11)15(24)6-5-14-16(25)22-13-4-2-1-3-12(13)21-14/h1-4,11H,5-10H2,(H,22,25). The van der Waals surface area contributed by atoms with Gasteiger partial charge in [-0.3, -0.25) is 14.3 Å². The monoisotopic (exact) mass is 369 g/mol. The summed E-state index contributed by atoms with van der Waals surface area (Å²) < 4.78 is 40.6. The fourth-order valence-corrected chi connectivity index (χ4v) is 3.03. The fourth-order valence-electron chi connectivity index (χ4n) is 3.03. The maximum atomic E-state index is 12.3. The van der Waals surface area contributed by atoms with Crippen LogP contribution in [0.4, 0.5) is 13.2 Å². The number of fused-ring (bicyclic) bond motifs is 1. The molecule has 0 bridgehead atoms. The third-order valence-electron chi connectivity index (χ3n) is 4.34. The summed E-state index contributed by atoms with van der Waals surface area (Å²) in [6, 6.07) is 7.10. The second-order valence-electron chi connectivity index (χ2n) is 6.17. The Labute approximate surface area is 147 Å². The van der Waals surface area contributed by atoms with Gasteiger partial charge in [0.15, 0.2) is 0 Å². The van der Waals surface area contributed by atoms with Gasteiger partial charge >= 0.3 is 6.36 Å². The van der Waals surface area contributed by atoms with Crippen molar-refractivity contribution in [2.24, 2.45) is 0 Å². The lowest BCUT2D eigenvalue weighted by Gasteiger charge is -2.32. The number of ether oxygens (including phenoxy) is 1. The van der Waals surface area contributed by atoms with E-state index < -0.39 is 12.5 Å². The molecular formula is C17H18F3N3O3. The normalized spacial score (nSPS) is 16.2. The number of halogens is 3. The van der Waals surface area contributed by atoms with Crippen LogP contribution < -0.4 is 5.56 Å². The van der Waals surface area contributed by atoms with Gasteiger partial charge in [0.05, 0.1) is 17.1 Å². The Balaban J connectivity index is 1.55. The summed E-state index contributed by atoms with van der Waals surface area (Å²) in [6.45, 7) is 0.419. The number of para-hydroxylation sites is 2. The summed E-state index contributed by atoms with van der Waals surface area (Å²) in [4.78, 5) is 32.8. The van der Waals surface area contributed by atoms with Crippen LogP contribution in [0.3, 0.4) is 0 Å². The predicted molar refractivity (Wildman–Crippen MR) is 87.4 cm³/mol. The minimum absolute atomic E-state index is 0.0826. The van der Waals surface area contributed by atoms with Crippen LogP contribution in [0.1, 0.15) is 25.0 Å². The number of nitrogens with one attached hydrogen (secondary N) is 1. The number of likely N-dealkylation sites (tertiary alicyclic amines) is 1. The molecule has 1 aliphatic heterocycles. The van der Waals surface area contributed by atoms with Gasteiger partial charge in [-0.25, -0.2) is 4.98 Å². The number of amides is 1. The van der Waals surface area contributed by atoms with Gasteiger partial charge in [0, 0.05) is 25.9 Å². The summed E-state index contributed by atoms with van der Waals surface area (Å²) in [5.74, 6) is -0.204. The Morgan fingerprint density at radius 1 is 1.27 bits per heavy atom. The molecule has 1 saturated heterocycles. The van der Waals surface area contributed by atoms with Crippen molar-refractivity contribution in [1.29, 1.82) is 0 Å². The first kappa shape index (κ1) is 18.4. The molecule has 2 aromatic rings. The molecule has 1 amide bonds. The Morgan fingerprint density at radius 3 is 2.65 bits per heavy atom. The second kappa shape index (κ2) is 7.45. The summed E-state index contributed by atoms with van der Waals surface area (Å²) in [7, 11) is 0. The van der Waals surface area contributed by atoms with Gasteiger partial charge in [0.1, 0.15) is 5.69 Å². The maximum Gasteiger partial charge on any atom is 0.522 e. The Kier molecular flexibility index (Phi) is 5.26. The molecule has 0 radical (unpaired) electrons. The van der Waals surface area contributed by atoms with E-state index in [0.717, 1.165) is 0 Å². The highest BCUT2D eigenvalue weighted by atomic mass is 19.4. The van der Waals surface area contributed by atoms with Crippen molar-refractivity contribution in [2.75, 3.05) is 13.1 Å². The minimum Gasteiger partial charge on any atom is -0.342 e. The lowest BCUT2D eigenvalue weighted by atomic mass is 10.1. The molecule has 3 rings (SSSR count). The molecule has 140 valence electrons. The van der Waals surface area contributed by atoms with Crippen LogP contribution in [-0.4, -0.2) is 46.3 Å². The Bertz CT molecular complexity index is 842. The number of benzene rings is 1. The van der Waals surface area contributed by atoms with Crippen molar-refractivity contribution < 1.29 is 22.7 Å². The van der Waals surface area contributed by atoms with Crippen molar-refractivity contribution in [3.63, 3.8) is 0 Å². The van der Waals surface area contributed by atoms with Crippen LogP contribution in [0, 0.1) is 0 Å². The molecule has 26 heavy (non-hydrogen) atoms. The van der Waals surface area contributed by atoms with E-state index in [1.807, 2.05) is 0 Å². The number of piperidine rings is 1. The molecule has 1 fully saturated rings. The third kappa shape index (κ3) is 4.60. The quantitative estimate of drug-likeness (QED) is 0.898. The number of nitrogens with zero attached hydrogens (tertiary/aromatic N) is 2. The third-order valence-corrected chi connectivity index (χ3v) is 4.34. The molecule has 0 saturated carbocycles. The zero-order valence-corrected chi connectivity index (χ0v) is 13.9. The zero-order chi connectivity index (χ0) is 18.7. The number of H-pyrrole nitrogens is 1. The van der Waals surface area contributed by atoms with Gasteiger partial charge in [-0.1, -0.05) is 12.1 Å². The Hall–Kier alpha value is -2.42. The van der Waals surface area contributed by atoms with E-state index in [2.05, 4.69) is 14.7 Å². The van der Waals surface area contributed by atoms with Gasteiger partial charge in [0.25, 0.3) is 5.56 Å². The van der Waals surface area contributed by atoms with Crippen LogP contribution in [0.25, 0.3) is 11.0 Å². The van der Waals surface area contributed by atoms with Gasteiger partial charge in [-0.05, 0) is 25.0 Å². The summed E-state index contributed by atoms with van der Waals surface area (Å²) in [5.41, 5.74) is 1.19. The molecular weight excluding hydrogens is 351 g/mol. The van der Waals surface area contributed by atoms with E-state index in [9.17, 15) is 22.8 Å². The van der Waals surface area contributed by atoms with Gasteiger partial charge in [-0.15, -0.1) is 13.2 Å². The molecule has 1 aliphatic rings. The van der Waals surface area contributed by atoms with Gasteiger partial charge in [-0.2, -0.15) is 0 Å². The molecule has 1 aromatic heterocycles. The fraction of sp³-hybridized carbons (Fsp3) is 0.471. The number of aryl methyl sites for hydroxylation is 1. The van der Waals surface area contributed by atoms with E-state index in [1.165, 1.54) is 4.90 Å². The Morgan fingerprint density at radius 2 is 1.96 bits per heavy atom. The van der Waals surface area contributed by atoms with E-state index in [4.69, 9.17) is 0 Å². The van der Waals surface area contributed by atoms with Crippen LogP contribution in [0.2, 0.25) is 0 Å². The number of hydrogen-bond acceptors (Lipinski definition) is 4. The first-order valence-corrected chi connectivity index (χ1v) is 8.32. The average Bonchev–Trinajstić information content (AvgIpc) is 2.59. The minimum atomic E-state index is -4.65. The van der Waals surface area contributed by atoms with Crippen LogP contribution in [-0.2, 0) is 16.0 Å². The van der Waals surface area contributed by atoms with E-state index in [0.29, 0.717) is 11.0 Å². The molecule has 6 nitrogen and oxygen atoms in total. The van der Waals surface area contributed by atoms with E-state index in [1.54, 1.807) is 24.3 Å². The number of alkyl halides is 3. The maximum absolute atomic E-state index is 12.3. The zero-order valence-electron chi connectivity index (χ0n) is 13.9. The molecule has 2 heterocycles. The number of carbonyl (C=O) groups excluding carboxylic acids is 1. The number of carbonyl (C=O) groups is 1. The average molecular weight is 369 g/mol. The predicted octanol–water partition coefficient (Wildman–Crippen LogP) is 2.38. The van der Waals surface area contributed by atoms with Crippen molar-refractivity contribution >= 4 is 16.9 Å². The summed E-state index contributed by atoms with van der Waals surface area (Å²) in [5, 5.41) is 0. The number of rotatable bonds is 4. The highest BCUT2D eigenvalue weighted by molar-refractivity contribution is 5.77. The molecule has 1 aromatic carbocycles. The lowest BCUT2D eigenvalue weighted by molar-refractivity contribution is -0.345. The van der Waals surface area contributed by atoms with Gasteiger partial charge < -0.3 is 9.88 Å². The first-order chi connectivity index (χ1) is 12.3. The van der Waals surface area contributed by atoms with E-state index >= 15 is 0 Å². The second-order valence-corrected chi connectivity index (χ2v) is 6.17. The largest absolute Gasteiger partial charge is 0.522 e. The number of hydrogen-bond donors (Lipinski definition) is 1. The smallest absolute Gasteiger partial charge is 0.342 e. The van der Waals surface area contributed by atoms with Crippen LogP contribution >= 0.6 is 0 Å². The highest BCUT2D eigenvalue weighted by Crippen LogP contribution is 2.24. The highest BCUT2D eigenvalue weighted by Gasteiger charge is 2.35. The molecule has 0 aliphatic carbocycles. The molecule has 0 spiro atoms. The summed E-state index contributed by atoms with van der Waals surface area (Å²) in [6.07, 6.45) is -5.03. The van der Waals surface area contributed by atoms with Crippen molar-refractivity contribution in [3.05, 3.63) is 40.3 Å². The number of aromatic amines is 1. The molecule has 1 N–H and O–H groups in total.